The van der Waals surface area contributed by atoms with E-state index in [2.05, 4.69) is 26.3 Å². The number of benzene rings is 1. The predicted molar refractivity (Wildman–Crippen MR) is 146 cm³/mol. The lowest BCUT2D eigenvalue weighted by Crippen LogP contribution is -2.42. The van der Waals surface area contributed by atoms with E-state index in [0.717, 1.165) is 61.4 Å². The molecule has 1 aromatic carbocycles. The van der Waals surface area contributed by atoms with Crippen LogP contribution in [0.4, 0.5) is 10.4 Å². The molecule has 1 unspecified atom stereocenters. The molecule has 1 amide bonds. The minimum absolute atomic E-state index is 0.0441. The minimum Gasteiger partial charge on any atom is -0.490 e. The van der Waals surface area contributed by atoms with E-state index in [1.54, 1.807) is 12.1 Å². The molecule has 0 spiro atoms. The first-order chi connectivity index (χ1) is 18.9. The predicted octanol–water partition coefficient (Wildman–Crippen LogP) is 5.26. The summed E-state index contributed by atoms with van der Waals surface area (Å²) in [7, 11) is 0. The molecule has 39 heavy (non-hydrogen) atoms. The lowest BCUT2D eigenvalue weighted by molar-refractivity contribution is -0.135. The standard InChI is InChI=1S/C29H38FN5O4/c1-19(2)27-31-29(39-33-27)35-13-9-20(10-14-35)18-38-26-8-7-23(17-25(26)30)21-3-5-22(6-4-21)28(36)34-15-11-24(32-37)12-16-34/h3,7-8,17,19-20,22,37H,4-6,9-16,18H2,1-2H3. The van der Waals surface area contributed by atoms with Crippen LogP contribution in [0.15, 0.2) is 34.0 Å². The summed E-state index contributed by atoms with van der Waals surface area (Å²) in [5.41, 5.74) is 2.68. The summed E-state index contributed by atoms with van der Waals surface area (Å²) >= 11 is 0. The molecule has 0 bridgehead atoms. The molecule has 1 atom stereocenters. The average Bonchev–Trinajstić information content (AvgIpc) is 3.48. The van der Waals surface area contributed by atoms with Crippen LogP contribution in [0.3, 0.4) is 0 Å². The van der Waals surface area contributed by atoms with Gasteiger partial charge in [0.25, 0.3) is 0 Å². The van der Waals surface area contributed by atoms with Crippen LogP contribution in [0.25, 0.3) is 5.57 Å². The number of carbonyl (C=O) groups excluding carboxylic acids is 1. The van der Waals surface area contributed by atoms with Gasteiger partial charge in [-0.2, -0.15) is 4.98 Å². The molecule has 3 aliphatic rings. The summed E-state index contributed by atoms with van der Waals surface area (Å²) in [6, 6.07) is 5.76. The van der Waals surface area contributed by atoms with Crippen molar-refractivity contribution >= 4 is 23.2 Å². The van der Waals surface area contributed by atoms with Gasteiger partial charge in [0.1, 0.15) is 0 Å². The Hall–Kier alpha value is -3.43. The Morgan fingerprint density at radius 2 is 1.95 bits per heavy atom. The molecule has 0 radical (unpaired) electrons. The van der Waals surface area contributed by atoms with E-state index in [4.69, 9.17) is 14.5 Å². The zero-order chi connectivity index (χ0) is 27.4. The van der Waals surface area contributed by atoms with Gasteiger partial charge in [0, 0.05) is 50.9 Å². The summed E-state index contributed by atoms with van der Waals surface area (Å²) in [5.74, 6) is 1.33. The molecule has 2 fully saturated rings. The van der Waals surface area contributed by atoms with Crippen LogP contribution in [0.1, 0.15) is 76.1 Å². The molecule has 2 aliphatic heterocycles. The van der Waals surface area contributed by atoms with Crippen molar-refractivity contribution in [3.63, 3.8) is 0 Å². The highest BCUT2D eigenvalue weighted by Gasteiger charge is 2.29. The molecule has 1 N–H and O–H groups in total. The Balaban J connectivity index is 1.09. The number of amides is 1. The van der Waals surface area contributed by atoms with Gasteiger partial charge in [-0.3, -0.25) is 4.79 Å². The molecule has 210 valence electrons. The van der Waals surface area contributed by atoms with Crippen LogP contribution in [-0.4, -0.2) is 64.7 Å². The zero-order valence-electron chi connectivity index (χ0n) is 22.8. The van der Waals surface area contributed by atoms with Crippen LogP contribution in [0.5, 0.6) is 5.75 Å². The fourth-order valence-corrected chi connectivity index (χ4v) is 5.57. The Morgan fingerprint density at radius 3 is 2.56 bits per heavy atom. The SMILES string of the molecule is CC(C)c1noc(N2CCC(COc3ccc(C4=CCC(C(=O)N5CCC(=NO)CC5)CC4)cc3F)CC2)n1. The highest BCUT2D eigenvalue weighted by molar-refractivity contribution is 5.88. The van der Waals surface area contributed by atoms with Gasteiger partial charge in [-0.1, -0.05) is 36.3 Å². The third-order valence-electron chi connectivity index (χ3n) is 8.16. The number of nitrogens with zero attached hydrogens (tertiary/aromatic N) is 5. The molecule has 2 saturated heterocycles. The van der Waals surface area contributed by atoms with Gasteiger partial charge in [0.2, 0.25) is 5.91 Å². The zero-order valence-corrected chi connectivity index (χ0v) is 22.8. The van der Waals surface area contributed by atoms with E-state index in [1.165, 1.54) is 0 Å². The van der Waals surface area contributed by atoms with E-state index in [-0.39, 0.29) is 29.3 Å². The number of rotatable bonds is 7. The average molecular weight is 540 g/mol. The highest BCUT2D eigenvalue weighted by atomic mass is 19.1. The van der Waals surface area contributed by atoms with Gasteiger partial charge in [0.15, 0.2) is 17.4 Å². The number of hydrogen-bond donors (Lipinski definition) is 1. The summed E-state index contributed by atoms with van der Waals surface area (Å²) in [5, 5.41) is 16.3. The summed E-state index contributed by atoms with van der Waals surface area (Å²) in [6.45, 7) is 7.38. The Bertz CT molecular complexity index is 1210. The van der Waals surface area contributed by atoms with Crippen molar-refractivity contribution in [1.29, 1.82) is 0 Å². The number of likely N-dealkylation sites (tertiary alicyclic amines) is 1. The summed E-state index contributed by atoms with van der Waals surface area (Å²) in [6.07, 6.45) is 7.32. The van der Waals surface area contributed by atoms with Crippen molar-refractivity contribution in [1.82, 2.24) is 15.0 Å². The van der Waals surface area contributed by atoms with Crippen LogP contribution >= 0.6 is 0 Å². The number of halogens is 1. The molecule has 1 aliphatic carbocycles. The van der Waals surface area contributed by atoms with Gasteiger partial charge in [-0.05, 0) is 61.3 Å². The van der Waals surface area contributed by atoms with Crippen LogP contribution < -0.4 is 9.64 Å². The van der Waals surface area contributed by atoms with Crippen molar-refractivity contribution in [2.24, 2.45) is 17.0 Å². The number of anilines is 1. The van der Waals surface area contributed by atoms with Gasteiger partial charge < -0.3 is 24.3 Å². The third-order valence-corrected chi connectivity index (χ3v) is 8.16. The maximum atomic E-state index is 14.9. The first kappa shape index (κ1) is 27.1. The van der Waals surface area contributed by atoms with E-state index < -0.39 is 0 Å². The summed E-state index contributed by atoms with van der Waals surface area (Å²) in [4.78, 5) is 21.4. The number of piperidine rings is 2. The molecular weight excluding hydrogens is 501 g/mol. The molecule has 2 aromatic rings. The topological polar surface area (TPSA) is 104 Å². The number of carbonyl (C=O) groups is 1. The van der Waals surface area contributed by atoms with Gasteiger partial charge >= 0.3 is 6.01 Å². The molecule has 9 nitrogen and oxygen atoms in total. The van der Waals surface area contributed by atoms with E-state index in [0.29, 0.717) is 50.9 Å². The van der Waals surface area contributed by atoms with Gasteiger partial charge in [-0.25, -0.2) is 4.39 Å². The lowest BCUT2D eigenvalue weighted by Gasteiger charge is -2.32. The van der Waals surface area contributed by atoms with Crippen LogP contribution in [0.2, 0.25) is 0 Å². The van der Waals surface area contributed by atoms with E-state index in [9.17, 15) is 9.18 Å². The first-order valence-corrected chi connectivity index (χ1v) is 14.1. The number of hydrogen-bond acceptors (Lipinski definition) is 8. The van der Waals surface area contributed by atoms with Crippen molar-refractivity contribution in [3.05, 3.63) is 41.5 Å². The van der Waals surface area contributed by atoms with Crippen molar-refractivity contribution in [3.8, 4) is 5.75 Å². The molecule has 3 heterocycles. The number of aromatic nitrogens is 2. The largest absolute Gasteiger partial charge is 0.490 e. The van der Waals surface area contributed by atoms with Crippen molar-refractivity contribution in [2.75, 3.05) is 37.7 Å². The number of oxime groups is 1. The smallest absolute Gasteiger partial charge is 0.324 e. The maximum Gasteiger partial charge on any atom is 0.324 e. The quantitative estimate of drug-likeness (QED) is 0.378. The second-order valence-electron chi connectivity index (χ2n) is 11.2. The second kappa shape index (κ2) is 12.2. The summed E-state index contributed by atoms with van der Waals surface area (Å²) < 4.78 is 26.2. The third kappa shape index (κ3) is 6.42. The fraction of sp³-hybridized carbons (Fsp3) is 0.586. The highest BCUT2D eigenvalue weighted by Crippen LogP contribution is 2.34. The maximum absolute atomic E-state index is 14.9. The molecular formula is C29H38FN5O4. The Kier molecular flexibility index (Phi) is 8.47. The molecule has 10 heteroatoms. The van der Waals surface area contributed by atoms with Gasteiger partial charge in [0.05, 0.1) is 12.3 Å². The first-order valence-electron chi connectivity index (χ1n) is 14.1. The van der Waals surface area contributed by atoms with Crippen molar-refractivity contribution < 1.29 is 23.7 Å². The lowest BCUT2D eigenvalue weighted by atomic mass is 9.85. The molecule has 5 rings (SSSR count). The molecule has 0 saturated carbocycles. The second-order valence-corrected chi connectivity index (χ2v) is 11.2. The monoisotopic (exact) mass is 539 g/mol. The Morgan fingerprint density at radius 1 is 1.18 bits per heavy atom. The van der Waals surface area contributed by atoms with Crippen LogP contribution in [-0.2, 0) is 4.79 Å². The number of ether oxygens (including phenoxy) is 1. The van der Waals surface area contributed by atoms with Crippen molar-refractivity contribution in [2.45, 2.75) is 64.7 Å². The Labute approximate surface area is 228 Å². The van der Waals surface area contributed by atoms with Gasteiger partial charge in [-0.15, -0.1) is 0 Å². The number of allylic oxidation sites excluding steroid dienone is 2. The minimum atomic E-state index is -0.356. The molecule has 1 aromatic heterocycles. The van der Waals surface area contributed by atoms with E-state index in [1.807, 2.05) is 24.8 Å². The fourth-order valence-electron chi connectivity index (χ4n) is 5.57. The van der Waals surface area contributed by atoms with Crippen LogP contribution in [0, 0.1) is 17.7 Å². The van der Waals surface area contributed by atoms with E-state index >= 15 is 0 Å². The normalized spacial score (nSPS) is 20.8.